The molecule has 0 aliphatic carbocycles. The van der Waals surface area contributed by atoms with Crippen LogP contribution >= 0.6 is 7.60 Å². The maximum atomic E-state index is 11.8. The lowest BCUT2D eigenvalue weighted by molar-refractivity contribution is -0.875. The average molecular weight is 489 g/mol. The van der Waals surface area contributed by atoms with E-state index < -0.39 is 12.9 Å². The van der Waals surface area contributed by atoms with E-state index in [2.05, 4.69) is 31.2 Å². The van der Waals surface area contributed by atoms with E-state index in [1.54, 1.807) is 0 Å². The molecule has 1 atom stereocenters. The Morgan fingerprint density at radius 2 is 1.03 bits per heavy atom. The standard InChI is InChI=1S/C27H54NO4P/c1-5-6-7-8-9-10-11-12-13-14-15-16-17-18-19-20-21-22-23-24-25-27(29,33(30,31)32)26-28(2,3)4/h13-14,21-22,29H,5-12,15-20,23-26H2,1-4H3,(H-,30,31,32)/p+1/b14-13-,22-21-. The van der Waals surface area contributed by atoms with Gasteiger partial charge in [-0.15, -0.1) is 0 Å². The van der Waals surface area contributed by atoms with Crippen molar-refractivity contribution < 1.29 is 23.9 Å². The molecule has 5 nitrogen and oxygen atoms in total. The van der Waals surface area contributed by atoms with Gasteiger partial charge in [-0.05, 0) is 57.8 Å². The van der Waals surface area contributed by atoms with Gasteiger partial charge in [0.05, 0.1) is 21.1 Å². The minimum atomic E-state index is -4.57. The van der Waals surface area contributed by atoms with Crippen molar-refractivity contribution in [3.05, 3.63) is 24.3 Å². The minimum absolute atomic E-state index is 0.0370. The van der Waals surface area contributed by atoms with Crippen molar-refractivity contribution >= 4 is 7.60 Å². The summed E-state index contributed by atoms with van der Waals surface area (Å²) in [5, 5.41) is 8.58. The highest BCUT2D eigenvalue weighted by atomic mass is 31.2. The molecule has 0 aromatic rings. The van der Waals surface area contributed by atoms with Gasteiger partial charge in [-0.3, -0.25) is 4.57 Å². The highest BCUT2D eigenvalue weighted by Crippen LogP contribution is 2.52. The number of rotatable bonds is 22. The summed E-state index contributed by atoms with van der Waals surface area (Å²) in [4.78, 5) is 19.2. The molecule has 0 amide bonds. The molecule has 196 valence electrons. The Kier molecular flexibility index (Phi) is 18.6. The van der Waals surface area contributed by atoms with E-state index in [9.17, 15) is 19.5 Å². The molecule has 0 saturated carbocycles. The molecule has 6 heteroatoms. The van der Waals surface area contributed by atoms with Gasteiger partial charge in [0, 0.05) is 0 Å². The molecule has 0 heterocycles. The summed E-state index contributed by atoms with van der Waals surface area (Å²) in [5.41, 5.74) is 0. The molecule has 0 aliphatic heterocycles. The fourth-order valence-electron chi connectivity index (χ4n) is 4.15. The van der Waals surface area contributed by atoms with Crippen molar-refractivity contribution in [1.29, 1.82) is 0 Å². The van der Waals surface area contributed by atoms with E-state index >= 15 is 0 Å². The van der Waals surface area contributed by atoms with Gasteiger partial charge in [-0.25, -0.2) is 0 Å². The smallest absolute Gasteiger partial charge is 0.362 e. The summed E-state index contributed by atoms with van der Waals surface area (Å²) < 4.78 is 12.1. The van der Waals surface area contributed by atoms with Crippen LogP contribution in [0.1, 0.15) is 116 Å². The van der Waals surface area contributed by atoms with Crippen molar-refractivity contribution in [3.63, 3.8) is 0 Å². The average Bonchev–Trinajstić information content (AvgIpc) is 2.70. The summed E-state index contributed by atoms with van der Waals surface area (Å²) in [6.07, 6.45) is 28.5. The van der Waals surface area contributed by atoms with Gasteiger partial charge >= 0.3 is 7.60 Å². The Morgan fingerprint density at radius 1 is 0.667 bits per heavy atom. The lowest BCUT2D eigenvalue weighted by Gasteiger charge is -2.35. The Bertz CT molecular complexity index is 565. The fourth-order valence-corrected chi connectivity index (χ4v) is 5.21. The van der Waals surface area contributed by atoms with E-state index in [0.29, 0.717) is 10.9 Å². The van der Waals surface area contributed by atoms with E-state index in [-0.39, 0.29) is 13.0 Å². The van der Waals surface area contributed by atoms with Crippen LogP contribution < -0.4 is 0 Å². The Labute approximate surface area is 205 Å². The maximum Gasteiger partial charge on any atom is 0.362 e. The zero-order valence-electron chi connectivity index (χ0n) is 22.2. The normalized spacial score (nSPS) is 15.0. The van der Waals surface area contributed by atoms with Gasteiger partial charge in [0.25, 0.3) is 0 Å². The second-order valence-corrected chi connectivity index (χ2v) is 12.6. The molecule has 3 N–H and O–H groups in total. The number of aliphatic hydroxyl groups is 1. The molecule has 0 rings (SSSR count). The van der Waals surface area contributed by atoms with Crippen LogP contribution in [0.25, 0.3) is 0 Å². The van der Waals surface area contributed by atoms with Crippen LogP contribution in [0.2, 0.25) is 0 Å². The number of hydrogen-bond donors (Lipinski definition) is 3. The number of allylic oxidation sites excluding steroid dienone is 4. The van der Waals surface area contributed by atoms with Crippen LogP contribution in [0, 0.1) is 0 Å². The third kappa shape index (κ3) is 19.5. The van der Waals surface area contributed by atoms with Crippen LogP contribution in [-0.2, 0) is 4.57 Å². The first kappa shape index (κ1) is 32.5. The summed E-state index contributed by atoms with van der Waals surface area (Å²) in [6, 6.07) is 0. The van der Waals surface area contributed by atoms with E-state index in [1.807, 2.05) is 21.1 Å². The SMILES string of the molecule is CCCCCCCCC/C=C\CCCCCC/C=C\CCCC(O)(C[N+](C)(C)C)P(=O)(O)O. The fraction of sp³-hybridized carbons (Fsp3) is 0.852. The molecule has 0 aromatic carbocycles. The first-order valence-electron chi connectivity index (χ1n) is 13.4. The minimum Gasteiger partial charge on any atom is -0.373 e. The highest BCUT2D eigenvalue weighted by molar-refractivity contribution is 7.53. The number of unbranched alkanes of at least 4 members (excludes halogenated alkanes) is 13. The van der Waals surface area contributed by atoms with Crippen LogP contribution in [0.5, 0.6) is 0 Å². The summed E-state index contributed by atoms with van der Waals surface area (Å²) in [6.45, 7) is 2.30. The number of nitrogens with zero attached hydrogens (tertiary/aromatic N) is 1. The first-order valence-corrected chi connectivity index (χ1v) is 15.0. The van der Waals surface area contributed by atoms with Crippen molar-refractivity contribution in [2.24, 2.45) is 0 Å². The zero-order chi connectivity index (χ0) is 25.1. The molecule has 0 radical (unpaired) electrons. The molecular weight excluding hydrogens is 433 g/mol. The monoisotopic (exact) mass is 488 g/mol. The lowest BCUT2D eigenvalue weighted by Crippen LogP contribution is -2.49. The van der Waals surface area contributed by atoms with Crippen molar-refractivity contribution in [2.45, 2.75) is 121 Å². The van der Waals surface area contributed by atoms with Gasteiger partial charge < -0.3 is 19.4 Å². The molecule has 1 unspecified atom stereocenters. The zero-order valence-corrected chi connectivity index (χ0v) is 23.1. The van der Waals surface area contributed by atoms with Crippen LogP contribution in [-0.4, -0.2) is 52.4 Å². The number of likely N-dealkylation sites (N-methyl/N-ethyl adjacent to an activating group) is 1. The Morgan fingerprint density at radius 3 is 1.39 bits per heavy atom. The molecule has 0 aromatic heterocycles. The third-order valence-electron chi connectivity index (χ3n) is 6.02. The third-order valence-corrected chi connectivity index (χ3v) is 7.47. The van der Waals surface area contributed by atoms with E-state index in [4.69, 9.17) is 0 Å². The lowest BCUT2D eigenvalue weighted by atomic mass is 10.1. The Balaban J connectivity index is 3.67. The molecular formula is C27H55NO4P+. The van der Waals surface area contributed by atoms with Gasteiger partial charge in [0.15, 0.2) is 0 Å². The predicted octanol–water partition coefficient (Wildman–Crippen LogP) is 7.32. The number of hydrogen-bond acceptors (Lipinski definition) is 2. The number of quaternary nitrogens is 1. The van der Waals surface area contributed by atoms with Gasteiger partial charge in [-0.2, -0.15) is 0 Å². The molecule has 0 spiro atoms. The Hall–Kier alpha value is -0.450. The molecule has 0 fully saturated rings. The molecule has 33 heavy (non-hydrogen) atoms. The first-order chi connectivity index (χ1) is 15.5. The second kappa shape index (κ2) is 18.8. The molecule has 0 aliphatic rings. The van der Waals surface area contributed by atoms with E-state index in [1.165, 1.54) is 83.5 Å². The van der Waals surface area contributed by atoms with Crippen LogP contribution in [0.15, 0.2) is 24.3 Å². The largest absolute Gasteiger partial charge is 0.373 e. The summed E-state index contributed by atoms with van der Waals surface area (Å²) in [7, 11) is 0.914. The van der Waals surface area contributed by atoms with Crippen molar-refractivity contribution in [1.82, 2.24) is 0 Å². The van der Waals surface area contributed by atoms with Gasteiger partial charge in [0.1, 0.15) is 6.54 Å². The van der Waals surface area contributed by atoms with Crippen molar-refractivity contribution in [3.8, 4) is 0 Å². The van der Waals surface area contributed by atoms with Crippen LogP contribution in [0.3, 0.4) is 0 Å². The summed E-state index contributed by atoms with van der Waals surface area (Å²) >= 11 is 0. The topological polar surface area (TPSA) is 77.8 Å². The predicted molar refractivity (Wildman–Crippen MR) is 142 cm³/mol. The molecule has 0 bridgehead atoms. The van der Waals surface area contributed by atoms with Crippen LogP contribution in [0.4, 0.5) is 0 Å². The summed E-state index contributed by atoms with van der Waals surface area (Å²) in [5.74, 6) is 0. The van der Waals surface area contributed by atoms with Gasteiger partial charge in [-0.1, -0.05) is 82.6 Å². The molecule has 0 saturated heterocycles. The second-order valence-electron chi connectivity index (χ2n) is 10.7. The maximum absolute atomic E-state index is 11.8. The quantitative estimate of drug-likeness (QED) is 0.0645. The highest BCUT2D eigenvalue weighted by Gasteiger charge is 2.48. The van der Waals surface area contributed by atoms with Gasteiger partial charge in [0.2, 0.25) is 5.34 Å². The van der Waals surface area contributed by atoms with E-state index in [0.717, 1.165) is 12.8 Å². The van der Waals surface area contributed by atoms with Crippen molar-refractivity contribution in [2.75, 3.05) is 27.7 Å².